The molecule has 0 spiro atoms. The largest absolute Gasteiger partial charge is 0.397 e. The molecular weight excluding hydrogens is 351 g/mol. The molecule has 0 N–H and O–H groups in total. The molecule has 3 fully saturated rings. The number of halogens is 3. The van der Waals surface area contributed by atoms with E-state index in [1.165, 1.54) is 4.90 Å². The van der Waals surface area contributed by atoms with E-state index in [9.17, 15) is 22.8 Å². The zero-order chi connectivity index (χ0) is 18.7. The quantitative estimate of drug-likeness (QED) is 0.743. The van der Waals surface area contributed by atoms with Crippen molar-refractivity contribution in [2.75, 3.05) is 45.9 Å². The first-order chi connectivity index (χ1) is 12.3. The standard InChI is InChI=1S/C17H26F3N3O3/c18-17(19,20)11-15(24)22-7-5-21(6-8-22)12-16(25)23-9-10-26-14-4-2-1-3-13(14)23/h13-14H,1-12H2. The van der Waals surface area contributed by atoms with Gasteiger partial charge in [0.15, 0.2) is 0 Å². The van der Waals surface area contributed by atoms with Gasteiger partial charge < -0.3 is 14.5 Å². The van der Waals surface area contributed by atoms with Crippen molar-refractivity contribution in [2.24, 2.45) is 0 Å². The summed E-state index contributed by atoms with van der Waals surface area (Å²) in [5.41, 5.74) is 0. The van der Waals surface area contributed by atoms with Gasteiger partial charge in [-0.25, -0.2) is 0 Å². The van der Waals surface area contributed by atoms with Crippen molar-refractivity contribution in [3.05, 3.63) is 0 Å². The summed E-state index contributed by atoms with van der Waals surface area (Å²) in [6, 6.07) is 0.152. The summed E-state index contributed by atoms with van der Waals surface area (Å²) in [5.74, 6) is -0.832. The van der Waals surface area contributed by atoms with Gasteiger partial charge in [0.2, 0.25) is 11.8 Å². The topological polar surface area (TPSA) is 53.1 Å². The highest BCUT2D eigenvalue weighted by atomic mass is 19.4. The Kier molecular flexibility index (Phi) is 6.06. The molecule has 26 heavy (non-hydrogen) atoms. The van der Waals surface area contributed by atoms with Gasteiger partial charge in [0, 0.05) is 32.7 Å². The second-order valence-corrected chi connectivity index (χ2v) is 7.30. The van der Waals surface area contributed by atoms with Crippen molar-refractivity contribution in [3.63, 3.8) is 0 Å². The smallest absolute Gasteiger partial charge is 0.374 e. The molecule has 0 aromatic carbocycles. The number of carbonyl (C=O) groups excluding carboxylic acids is 2. The van der Waals surface area contributed by atoms with Gasteiger partial charge in [-0.3, -0.25) is 14.5 Å². The number of morpholine rings is 1. The van der Waals surface area contributed by atoms with Gasteiger partial charge >= 0.3 is 6.18 Å². The van der Waals surface area contributed by atoms with Crippen molar-refractivity contribution in [3.8, 4) is 0 Å². The van der Waals surface area contributed by atoms with Gasteiger partial charge in [0.05, 0.1) is 25.3 Å². The second kappa shape index (κ2) is 8.12. The summed E-state index contributed by atoms with van der Waals surface area (Å²) < 4.78 is 42.8. The minimum Gasteiger partial charge on any atom is -0.374 e. The summed E-state index contributed by atoms with van der Waals surface area (Å²) >= 11 is 0. The zero-order valence-electron chi connectivity index (χ0n) is 14.8. The van der Waals surface area contributed by atoms with Crippen LogP contribution in [0.4, 0.5) is 13.2 Å². The lowest BCUT2D eigenvalue weighted by atomic mass is 9.90. The van der Waals surface area contributed by atoms with Crippen LogP contribution in [0, 0.1) is 0 Å². The maximum absolute atomic E-state index is 12.7. The Labute approximate surface area is 151 Å². The van der Waals surface area contributed by atoms with Gasteiger partial charge in [-0.15, -0.1) is 0 Å². The van der Waals surface area contributed by atoms with Crippen molar-refractivity contribution in [1.29, 1.82) is 0 Å². The number of fused-ring (bicyclic) bond motifs is 1. The van der Waals surface area contributed by atoms with Gasteiger partial charge in [0.25, 0.3) is 0 Å². The summed E-state index contributed by atoms with van der Waals surface area (Å²) in [6.07, 6.45) is -1.55. The molecule has 148 valence electrons. The van der Waals surface area contributed by atoms with Crippen LogP contribution in [-0.4, -0.2) is 90.7 Å². The van der Waals surface area contributed by atoms with Crippen LogP contribution in [0.15, 0.2) is 0 Å². The maximum Gasteiger partial charge on any atom is 0.397 e. The monoisotopic (exact) mass is 377 g/mol. The number of alkyl halides is 3. The zero-order valence-corrected chi connectivity index (χ0v) is 14.8. The Morgan fingerprint density at radius 3 is 2.35 bits per heavy atom. The van der Waals surface area contributed by atoms with Gasteiger partial charge in [-0.2, -0.15) is 13.2 Å². The molecular formula is C17H26F3N3O3. The van der Waals surface area contributed by atoms with Crippen LogP contribution < -0.4 is 0 Å². The number of rotatable bonds is 3. The predicted octanol–water partition coefficient (Wildman–Crippen LogP) is 1.25. The molecule has 2 aliphatic heterocycles. The van der Waals surface area contributed by atoms with Gasteiger partial charge in [0.1, 0.15) is 6.42 Å². The highest BCUT2D eigenvalue weighted by Gasteiger charge is 2.38. The van der Waals surface area contributed by atoms with E-state index in [2.05, 4.69) is 0 Å². The molecule has 9 heteroatoms. The fourth-order valence-electron chi connectivity index (χ4n) is 4.13. The lowest BCUT2D eigenvalue weighted by molar-refractivity contribution is -0.162. The molecule has 6 nitrogen and oxygen atoms in total. The van der Waals surface area contributed by atoms with Crippen molar-refractivity contribution in [2.45, 2.75) is 50.4 Å². The lowest BCUT2D eigenvalue weighted by Gasteiger charge is -2.44. The van der Waals surface area contributed by atoms with Crippen molar-refractivity contribution in [1.82, 2.24) is 14.7 Å². The van der Waals surface area contributed by atoms with E-state index in [0.717, 1.165) is 25.7 Å². The molecule has 2 atom stereocenters. The number of nitrogens with zero attached hydrogens (tertiary/aromatic N) is 3. The molecule has 3 aliphatic rings. The minimum atomic E-state index is -4.48. The molecule has 0 bridgehead atoms. The normalized spacial score (nSPS) is 28.0. The Bertz CT molecular complexity index is 519. The Balaban J connectivity index is 1.46. The van der Waals surface area contributed by atoms with Crippen molar-refractivity contribution < 1.29 is 27.5 Å². The molecule has 2 unspecified atom stereocenters. The second-order valence-electron chi connectivity index (χ2n) is 7.30. The molecule has 0 aromatic rings. The first kappa shape index (κ1) is 19.4. The average molecular weight is 377 g/mol. The van der Waals surface area contributed by atoms with Crippen molar-refractivity contribution >= 4 is 11.8 Å². The van der Waals surface area contributed by atoms with Crippen LogP contribution in [0.25, 0.3) is 0 Å². The summed E-state index contributed by atoms with van der Waals surface area (Å²) in [4.78, 5) is 29.5. The molecule has 0 aromatic heterocycles. The average Bonchev–Trinajstić information content (AvgIpc) is 2.60. The maximum atomic E-state index is 12.7. The third-order valence-electron chi connectivity index (χ3n) is 5.49. The summed E-state index contributed by atoms with van der Waals surface area (Å²) in [5, 5.41) is 0. The van der Waals surface area contributed by atoms with E-state index in [-0.39, 0.29) is 37.7 Å². The number of amides is 2. The molecule has 1 saturated carbocycles. The number of hydrogen-bond donors (Lipinski definition) is 0. The fraction of sp³-hybridized carbons (Fsp3) is 0.882. The van der Waals surface area contributed by atoms with E-state index in [0.29, 0.717) is 26.2 Å². The molecule has 3 rings (SSSR count). The Morgan fingerprint density at radius 2 is 1.65 bits per heavy atom. The summed E-state index contributed by atoms with van der Waals surface area (Å²) in [7, 11) is 0. The fourth-order valence-corrected chi connectivity index (χ4v) is 4.13. The van der Waals surface area contributed by atoms with E-state index in [4.69, 9.17) is 4.74 Å². The minimum absolute atomic E-state index is 0.0558. The predicted molar refractivity (Wildman–Crippen MR) is 87.4 cm³/mol. The van der Waals surface area contributed by atoms with Gasteiger partial charge in [-0.1, -0.05) is 12.8 Å². The molecule has 2 saturated heterocycles. The number of piperazine rings is 1. The van der Waals surface area contributed by atoms with Crippen LogP contribution >= 0.6 is 0 Å². The third-order valence-corrected chi connectivity index (χ3v) is 5.49. The SMILES string of the molecule is O=C(CC(F)(F)F)N1CCN(CC(=O)N2CCOC3CCCCC32)CC1. The van der Waals surface area contributed by atoms with E-state index < -0.39 is 18.5 Å². The summed E-state index contributed by atoms with van der Waals surface area (Å²) in [6.45, 7) is 2.73. The number of carbonyl (C=O) groups is 2. The van der Waals surface area contributed by atoms with Crippen LogP contribution in [-0.2, 0) is 14.3 Å². The number of ether oxygens (including phenoxy) is 1. The number of hydrogen-bond acceptors (Lipinski definition) is 4. The van der Waals surface area contributed by atoms with Crippen LogP contribution in [0.5, 0.6) is 0 Å². The van der Waals surface area contributed by atoms with E-state index in [1.807, 2.05) is 9.80 Å². The van der Waals surface area contributed by atoms with Crippen LogP contribution in [0.3, 0.4) is 0 Å². The first-order valence-corrected chi connectivity index (χ1v) is 9.31. The Hall–Kier alpha value is -1.35. The van der Waals surface area contributed by atoms with Crippen LogP contribution in [0.2, 0.25) is 0 Å². The highest BCUT2D eigenvalue weighted by Crippen LogP contribution is 2.28. The first-order valence-electron chi connectivity index (χ1n) is 9.31. The molecule has 0 radical (unpaired) electrons. The highest BCUT2D eigenvalue weighted by molar-refractivity contribution is 5.79. The lowest BCUT2D eigenvalue weighted by Crippen LogP contribution is -2.58. The van der Waals surface area contributed by atoms with Gasteiger partial charge in [-0.05, 0) is 12.8 Å². The van der Waals surface area contributed by atoms with Crippen LogP contribution in [0.1, 0.15) is 32.1 Å². The molecule has 2 amide bonds. The molecule has 2 heterocycles. The Morgan fingerprint density at radius 1 is 0.962 bits per heavy atom. The third kappa shape index (κ3) is 4.88. The van der Waals surface area contributed by atoms with E-state index in [1.54, 1.807) is 0 Å². The molecule has 1 aliphatic carbocycles. The van der Waals surface area contributed by atoms with E-state index >= 15 is 0 Å².